The Balaban J connectivity index is 0.00000162. The van der Waals surface area contributed by atoms with Crippen molar-refractivity contribution in [2.24, 2.45) is 5.41 Å². The van der Waals surface area contributed by atoms with Gasteiger partial charge in [0.15, 0.2) is 5.11 Å². The minimum Gasteiger partial charge on any atom is -0.302 e. The number of nitrogens with one attached hydrogen (secondary N) is 2. The molecule has 1 saturated heterocycles. The standard InChI is InChI=1S/C12H16N2O2S.Na/c1-2-12(8-6-4-3-5-7-8)9(15)13-11(17)14-10(12)16;/h6H,2-5,7H2,1H3,(H2,13,14,15,16,17);/q;+1. The molecule has 2 amide bonds. The van der Waals surface area contributed by atoms with Crippen LogP contribution < -0.4 is 40.2 Å². The molecule has 0 atom stereocenters. The van der Waals surface area contributed by atoms with E-state index in [1.807, 2.05) is 13.0 Å². The molecule has 0 aromatic carbocycles. The van der Waals surface area contributed by atoms with Crippen molar-refractivity contribution in [3.05, 3.63) is 11.6 Å². The molecule has 18 heavy (non-hydrogen) atoms. The monoisotopic (exact) mass is 275 g/mol. The molecule has 0 aromatic heterocycles. The first-order chi connectivity index (χ1) is 8.11. The van der Waals surface area contributed by atoms with Crippen LogP contribution in [-0.4, -0.2) is 16.9 Å². The van der Waals surface area contributed by atoms with Crippen molar-refractivity contribution in [3.8, 4) is 0 Å². The van der Waals surface area contributed by atoms with Crippen LogP contribution in [0.5, 0.6) is 0 Å². The predicted octanol–water partition coefficient (Wildman–Crippen LogP) is -1.58. The van der Waals surface area contributed by atoms with Crippen LogP contribution in [0.2, 0.25) is 0 Å². The predicted molar refractivity (Wildman–Crippen MR) is 68.2 cm³/mol. The third kappa shape index (κ3) is 2.54. The molecule has 1 heterocycles. The molecule has 0 unspecified atom stereocenters. The quantitative estimate of drug-likeness (QED) is 0.277. The van der Waals surface area contributed by atoms with Crippen LogP contribution in [0.1, 0.15) is 39.0 Å². The van der Waals surface area contributed by atoms with E-state index in [0.717, 1.165) is 31.3 Å². The van der Waals surface area contributed by atoms with Gasteiger partial charge in [-0.15, -0.1) is 0 Å². The maximum Gasteiger partial charge on any atom is 1.00 e. The Bertz CT molecular complexity index is 400. The number of hydrogen-bond donors (Lipinski definition) is 2. The minimum absolute atomic E-state index is 0. The number of thiocarbonyl (C=S) groups is 1. The summed E-state index contributed by atoms with van der Waals surface area (Å²) in [6.07, 6.45) is 6.45. The Labute approximate surface area is 134 Å². The summed E-state index contributed by atoms with van der Waals surface area (Å²) in [5.41, 5.74) is -0.0910. The fraction of sp³-hybridized carbons (Fsp3) is 0.583. The molecule has 1 aliphatic heterocycles. The number of hydrogen-bond acceptors (Lipinski definition) is 3. The Hall–Kier alpha value is -0.230. The van der Waals surface area contributed by atoms with Crippen LogP contribution in [0.15, 0.2) is 11.6 Å². The van der Waals surface area contributed by atoms with E-state index < -0.39 is 5.41 Å². The largest absolute Gasteiger partial charge is 1.00 e. The van der Waals surface area contributed by atoms with Crippen molar-refractivity contribution in [2.75, 3.05) is 0 Å². The Kier molecular flexibility index (Phi) is 5.52. The van der Waals surface area contributed by atoms with Crippen LogP contribution in [0, 0.1) is 5.41 Å². The van der Waals surface area contributed by atoms with Crippen molar-refractivity contribution in [1.29, 1.82) is 0 Å². The van der Waals surface area contributed by atoms with Gasteiger partial charge in [0.2, 0.25) is 11.8 Å². The summed E-state index contributed by atoms with van der Waals surface area (Å²) in [5, 5.41) is 5.25. The van der Waals surface area contributed by atoms with Gasteiger partial charge in [0, 0.05) is 0 Å². The minimum atomic E-state index is -1.04. The topological polar surface area (TPSA) is 58.2 Å². The molecule has 0 saturated carbocycles. The first-order valence-corrected chi connectivity index (χ1v) is 6.38. The van der Waals surface area contributed by atoms with Gasteiger partial charge < -0.3 is 10.6 Å². The number of carbonyl (C=O) groups is 2. The van der Waals surface area contributed by atoms with E-state index in [9.17, 15) is 9.59 Å². The molecule has 92 valence electrons. The number of rotatable bonds is 2. The molecule has 1 aliphatic carbocycles. The van der Waals surface area contributed by atoms with Gasteiger partial charge in [-0.3, -0.25) is 9.59 Å². The Morgan fingerprint density at radius 1 is 1.28 bits per heavy atom. The number of amides is 2. The fourth-order valence-electron chi connectivity index (χ4n) is 2.62. The molecule has 1 fully saturated rings. The molecule has 2 N–H and O–H groups in total. The van der Waals surface area contributed by atoms with E-state index in [1.54, 1.807) is 0 Å². The summed E-state index contributed by atoms with van der Waals surface area (Å²) in [6, 6.07) is 0. The van der Waals surface area contributed by atoms with Crippen molar-refractivity contribution in [1.82, 2.24) is 10.6 Å². The molecule has 0 bridgehead atoms. The van der Waals surface area contributed by atoms with Gasteiger partial charge in [-0.05, 0) is 49.9 Å². The molecule has 0 spiro atoms. The molecule has 0 radical (unpaired) electrons. The van der Waals surface area contributed by atoms with Gasteiger partial charge in [-0.1, -0.05) is 13.0 Å². The number of carbonyl (C=O) groups excluding carboxylic acids is 2. The second kappa shape index (κ2) is 6.28. The maximum atomic E-state index is 12.2. The maximum absolute atomic E-state index is 12.2. The summed E-state index contributed by atoms with van der Waals surface area (Å²) >= 11 is 4.83. The Morgan fingerprint density at radius 2 is 1.89 bits per heavy atom. The van der Waals surface area contributed by atoms with Crippen molar-refractivity contribution in [3.63, 3.8) is 0 Å². The second-order valence-electron chi connectivity index (χ2n) is 4.47. The molecule has 2 aliphatic rings. The van der Waals surface area contributed by atoms with E-state index in [1.165, 1.54) is 0 Å². The van der Waals surface area contributed by atoms with Gasteiger partial charge >= 0.3 is 29.6 Å². The zero-order chi connectivity index (χ0) is 12.5. The van der Waals surface area contributed by atoms with Crippen molar-refractivity contribution < 1.29 is 39.1 Å². The molecular formula is C12H16N2NaO2S+. The smallest absolute Gasteiger partial charge is 0.302 e. The van der Waals surface area contributed by atoms with Gasteiger partial charge in [0.25, 0.3) is 0 Å². The summed E-state index contributed by atoms with van der Waals surface area (Å²) in [7, 11) is 0. The second-order valence-corrected chi connectivity index (χ2v) is 4.88. The molecular weight excluding hydrogens is 259 g/mol. The normalized spacial score (nSPS) is 22.5. The third-order valence-electron chi connectivity index (χ3n) is 3.60. The summed E-state index contributed by atoms with van der Waals surface area (Å²) in [5.74, 6) is -0.552. The van der Waals surface area contributed by atoms with Crippen LogP contribution in [0.4, 0.5) is 0 Å². The molecule has 0 aromatic rings. The van der Waals surface area contributed by atoms with Gasteiger partial charge in [-0.2, -0.15) is 0 Å². The summed E-state index contributed by atoms with van der Waals surface area (Å²) < 4.78 is 0. The first-order valence-electron chi connectivity index (χ1n) is 5.97. The van der Waals surface area contributed by atoms with Gasteiger partial charge in [-0.25, -0.2) is 0 Å². The fourth-order valence-corrected chi connectivity index (χ4v) is 2.80. The van der Waals surface area contributed by atoms with Crippen molar-refractivity contribution in [2.45, 2.75) is 39.0 Å². The van der Waals surface area contributed by atoms with E-state index >= 15 is 0 Å². The van der Waals surface area contributed by atoms with Crippen molar-refractivity contribution >= 4 is 29.1 Å². The Morgan fingerprint density at radius 3 is 2.33 bits per heavy atom. The average molecular weight is 275 g/mol. The zero-order valence-corrected chi connectivity index (χ0v) is 13.7. The summed E-state index contributed by atoms with van der Waals surface area (Å²) in [6.45, 7) is 1.86. The van der Waals surface area contributed by atoms with E-state index in [-0.39, 0.29) is 46.5 Å². The average Bonchev–Trinajstić information content (AvgIpc) is 2.30. The SMILES string of the molecule is CCC1(C2=CCCCC2)C(=O)NC(=S)NC1=O.[Na+]. The third-order valence-corrected chi connectivity index (χ3v) is 3.80. The number of allylic oxidation sites excluding steroid dienone is 1. The van der Waals surface area contributed by atoms with Gasteiger partial charge in [0.1, 0.15) is 5.41 Å². The van der Waals surface area contributed by atoms with E-state index in [0.29, 0.717) is 6.42 Å². The zero-order valence-electron chi connectivity index (χ0n) is 10.8. The van der Waals surface area contributed by atoms with Crippen LogP contribution in [0.25, 0.3) is 0 Å². The first kappa shape index (κ1) is 15.8. The molecule has 6 heteroatoms. The molecule has 4 nitrogen and oxygen atoms in total. The molecule has 2 rings (SSSR count). The van der Waals surface area contributed by atoms with Crippen LogP contribution >= 0.6 is 12.2 Å². The van der Waals surface area contributed by atoms with E-state index in [4.69, 9.17) is 12.2 Å². The van der Waals surface area contributed by atoms with Gasteiger partial charge in [0.05, 0.1) is 0 Å². The summed E-state index contributed by atoms with van der Waals surface area (Å²) in [4.78, 5) is 24.3. The van der Waals surface area contributed by atoms with Crippen LogP contribution in [-0.2, 0) is 9.59 Å². The van der Waals surface area contributed by atoms with Crippen LogP contribution in [0.3, 0.4) is 0 Å². The van der Waals surface area contributed by atoms with E-state index in [2.05, 4.69) is 10.6 Å².